The number of hydrogen-bond donors (Lipinski definition) is 5. The van der Waals surface area contributed by atoms with Crippen molar-refractivity contribution in [2.24, 2.45) is 0 Å². The van der Waals surface area contributed by atoms with Gasteiger partial charge in [0.15, 0.2) is 11.6 Å². The van der Waals surface area contributed by atoms with Gasteiger partial charge in [0.2, 0.25) is 5.78 Å². The van der Waals surface area contributed by atoms with Crippen molar-refractivity contribution < 1.29 is 44.7 Å². The molecule has 2 aromatic carbocycles. The van der Waals surface area contributed by atoms with Gasteiger partial charge in [-0.1, -0.05) is 12.1 Å². The SMILES string of the molecule is COc1cccc2c1C(=O)c1c(O)c3c(c(O)c1C2=O)C[C@](O)(C(=O)CO)C[C@@H]3O. The van der Waals surface area contributed by atoms with Crippen LogP contribution in [0.25, 0.3) is 0 Å². The minimum Gasteiger partial charge on any atom is -0.507 e. The van der Waals surface area contributed by atoms with E-state index in [9.17, 15) is 34.8 Å². The van der Waals surface area contributed by atoms with Gasteiger partial charge in [0, 0.05) is 29.5 Å². The Morgan fingerprint density at radius 1 is 1.13 bits per heavy atom. The molecule has 0 bridgehead atoms. The summed E-state index contributed by atoms with van der Waals surface area (Å²) in [5.74, 6) is -3.83. The third kappa shape index (κ3) is 2.49. The number of phenolic OH excluding ortho intramolecular Hbond substituents is 2. The van der Waals surface area contributed by atoms with Gasteiger partial charge in [0.25, 0.3) is 0 Å². The van der Waals surface area contributed by atoms with Crippen molar-refractivity contribution in [3.63, 3.8) is 0 Å². The van der Waals surface area contributed by atoms with Crippen molar-refractivity contribution in [1.82, 2.24) is 0 Å². The Bertz CT molecular complexity index is 1130. The van der Waals surface area contributed by atoms with Gasteiger partial charge in [-0.2, -0.15) is 0 Å². The number of benzene rings is 2. The maximum atomic E-state index is 13.2. The van der Waals surface area contributed by atoms with E-state index in [1.807, 2.05) is 0 Å². The monoisotopic (exact) mass is 414 g/mol. The zero-order chi connectivity index (χ0) is 22.0. The lowest BCUT2D eigenvalue weighted by Gasteiger charge is -2.36. The molecule has 30 heavy (non-hydrogen) atoms. The van der Waals surface area contributed by atoms with E-state index in [-0.39, 0.29) is 28.0 Å². The molecule has 9 nitrogen and oxygen atoms in total. The molecule has 2 atom stereocenters. The molecule has 0 saturated heterocycles. The molecule has 0 fully saturated rings. The predicted molar refractivity (Wildman–Crippen MR) is 100.0 cm³/mol. The smallest absolute Gasteiger partial charge is 0.202 e. The lowest BCUT2D eigenvalue weighted by atomic mass is 9.72. The highest BCUT2D eigenvalue weighted by Gasteiger charge is 2.48. The van der Waals surface area contributed by atoms with Crippen LogP contribution in [0.4, 0.5) is 0 Å². The van der Waals surface area contributed by atoms with Crippen LogP contribution in [0.15, 0.2) is 18.2 Å². The molecule has 0 amide bonds. The van der Waals surface area contributed by atoms with Gasteiger partial charge in [-0.15, -0.1) is 0 Å². The fourth-order valence-electron chi connectivity index (χ4n) is 4.30. The first-order valence-electron chi connectivity index (χ1n) is 9.08. The highest BCUT2D eigenvalue weighted by Crippen LogP contribution is 2.50. The van der Waals surface area contributed by atoms with E-state index < -0.39 is 71.1 Å². The van der Waals surface area contributed by atoms with Crippen LogP contribution < -0.4 is 4.74 Å². The first kappa shape index (κ1) is 20.0. The van der Waals surface area contributed by atoms with Gasteiger partial charge in [-0.05, 0) is 6.07 Å². The fourth-order valence-corrected chi connectivity index (χ4v) is 4.30. The molecule has 156 valence electrons. The van der Waals surface area contributed by atoms with E-state index in [1.54, 1.807) is 0 Å². The second kappa shape index (κ2) is 6.63. The molecule has 5 N–H and O–H groups in total. The standard InChI is InChI=1S/C21H18O9/c1-30-11-4-2-3-8-14(11)20(28)16-15(17(8)25)18(26)9-5-21(29,12(24)7-22)6-10(23)13(9)19(16)27/h2-4,10,22-23,26-27,29H,5-7H2,1H3/t10-,21+/m0/s1. The highest BCUT2D eigenvalue weighted by molar-refractivity contribution is 6.31. The Morgan fingerprint density at radius 3 is 2.43 bits per heavy atom. The number of ether oxygens (including phenoxy) is 1. The molecule has 2 aliphatic carbocycles. The molecule has 0 heterocycles. The zero-order valence-corrected chi connectivity index (χ0v) is 15.8. The van der Waals surface area contributed by atoms with E-state index in [2.05, 4.69) is 0 Å². The number of fused-ring (bicyclic) bond motifs is 3. The highest BCUT2D eigenvalue weighted by atomic mass is 16.5. The van der Waals surface area contributed by atoms with E-state index in [1.165, 1.54) is 25.3 Å². The van der Waals surface area contributed by atoms with Crippen molar-refractivity contribution in [2.45, 2.75) is 24.5 Å². The molecule has 0 aliphatic heterocycles. The van der Waals surface area contributed by atoms with Gasteiger partial charge in [0.05, 0.1) is 29.9 Å². The number of carbonyl (C=O) groups excluding carboxylic acids is 3. The van der Waals surface area contributed by atoms with Crippen LogP contribution in [0.1, 0.15) is 55.5 Å². The number of aliphatic hydroxyl groups is 3. The van der Waals surface area contributed by atoms with Crippen LogP contribution >= 0.6 is 0 Å². The number of phenols is 2. The molecule has 4 rings (SSSR count). The van der Waals surface area contributed by atoms with Gasteiger partial charge in [-0.3, -0.25) is 14.4 Å². The van der Waals surface area contributed by atoms with Gasteiger partial charge >= 0.3 is 0 Å². The number of Topliss-reactive ketones (excluding diaryl/α,β-unsaturated/α-hetero) is 1. The quantitative estimate of drug-likeness (QED) is 0.376. The number of methoxy groups -OCH3 is 1. The molecule has 0 unspecified atom stereocenters. The summed E-state index contributed by atoms with van der Waals surface area (Å²) in [6, 6.07) is 4.34. The van der Waals surface area contributed by atoms with Crippen molar-refractivity contribution in [3.05, 3.63) is 51.6 Å². The maximum Gasteiger partial charge on any atom is 0.202 e. The van der Waals surface area contributed by atoms with Crippen LogP contribution in [0, 0.1) is 0 Å². The third-order valence-electron chi connectivity index (χ3n) is 5.76. The normalized spacial score (nSPS) is 22.2. The Balaban J connectivity index is 2.01. The number of rotatable bonds is 3. The number of hydrogen-bond acceptors (Lipinski definition) is 9. The minimum atomic E-state index is -2.21. The average Bonchev–Trinajstić information content (AvgIpc) is 2.72. The number of ketones is 3. The van der Waals surface area contributed by atoms with Crippen molar-refractivity contribution in [1.29, 1.82) is 0 Å². The Morgan fingerprint density at radius 2 is 1.80 bits per heavy atom. The van der Waals surface area contributed by atoms with Crippen LogP contribution in [0.2, 0.25) is 0 Å². The second-order valence-electron chi connectivity index (χ2n) is 7.39. The topological polar surface area (TPSA) is 162 Å². The summed E-state index contributed by atoms with van der Waals surface area (Å²) in [7, 11) is 1.32. The molecule has 0 saturated carbocycles. The lowest BCUT2D eigenvalue weighted by Crippen LogP contribution is -2.47. The first-order chi connectivity index (χ1) is 14.2. The first-order valence-corrected chi connectivity index (χ1v) is 9.08. The number of aliphatic hydroxyl groups excluding tert-OH is 2. The molecule has 0 spiro atoms. The largest absolute Gasteiger partial charge is 0.507 e. The number of aromatic hydroxyl groups is 2. The second-order valence-corrected chi connectivity index (χ2v) is 7.39. The summed E-state index contributed by atoms with van der Waals surface area (Å²) < 4.78 is 5.16. The lowest BCUT2D eigenvalue weighted by molar-refractivity contribution is -0.145. The molecular weight excluding hydrogens is 396 g/mol. The van der Waals surface area contributed by atoms with Crippen molar-refractivity contribution in [3.8, 4) is 17.2 Å². The molecule has 0 radical (unpaired) electrons. The average molecular weight is 414 g/mol. The summed E-state index contributed by atoms with van der Waals surface area (Å²) >= 11 is 0. The summed E-state index contributed by atoms with van der Waals surface area (Å²) in [6.45, 7) is -0.999. The van der Waals surface area contributed by atoms with Crippen molar-refractivity contribution in [2.75, 3.05) is 13.7 Å². The summed E-state index contributed by atoms with van der Waals surface area (Å²) in [5, 5.41) is 51.9. The summed E-state index contributed by atoms with van der Waals surface area (Å²) in [5.41, 5.74) is -3.77. The third-order valence-corrected chi connectivity index (χ3v) is 5.76. The molecule has 0 aromatic heterocycles. The van der Waals surface area contributed by atoms with Gasteiger partial charge in [-0.25, -0.2) is 0 Å². The van der Waals surface area contributed by atoms with E-state index >= 15 is 0 Å². The number of carbonyl (C=O) groups is 3. The Hall–Kier alpha value is -3.27. The van der Waals surface area contributed by atoms with E-state index in [0.717, 1.165) is 0 Å². The summed E-state index contributed by atoms with van der Waals surface area (Å²) in [6.07, 6.45) is -2.75. The fraction of sp³-hybridized carbons (Fsp3) is 0.286. The van der Waals surface area contributed by atoms with Gasteiger partial charge in [0.1, 0.15) is 29.5 Å². The molecule has 2 aliphatic rings. The van der Waals surface area contributed by atoms with E-state index in [0.29, 0.717) is 0 Å². The maximum absolute atomic E-state index is 13.2. The Labute approximate surface area is 169 Å². The summed E-state index contributed by atoms with van der Waals surface area (Å²) in [4.78, 5) is 38.3. The van der Waals surface area contributed by atoms with Crippen LogP contribution in [-0.4, -0.2) is 62.2 Å². The van der Waals surface area contributed by atoms with Crippen LogP contribution in [0.3, 0.4) is 0 Å². The molecule has 9 heteroatoms. The van der Waals surface area contributed by atoms with E-state index in [4.69, 9.17) is 9.84 Å². The Kier molecular flexibility index (Phi) is 4.42. The van der Waals surface area contributed by atoms with Crippen LogP contribution in [0.5, 0.6) is 17.2 Å². The predicted octanol–water partition coefficient (Wildman–Crippen LogP) is 0.154. The molecular formula is C21H18O9. The van der Waals surface area contributed by atoms with Gasteiger partial charge < -0.3 is 30.3 Å². The van der Waals surface area contributed by atoms with Crippen LogP contribution in [-0.2, 0) is 11.2 Å². The minimum absolute atomic E-state index is 0.0421. The molecule has 2 aromatic rings. The van der Waals surface area contributed by atoms with Crippen molar-refractivity contribution >= 4 is 17.3 Å². The zero-order valence-electron chi connectivity index (χ0n) is 15.8.